The van der Waals surface area contributed by atoms with Gasteiger partial charge in [-0.1, -0.05) is 35.9 Å². The molecule has 0 saturated carbocycles. The number of hydrogen-bond donors (Lipinski definition) is 1. The average Bonchev–Trinajstić information content (AvgIpc) is 3.49. The predicted octanol–water partition coefficient (Wildman–Crippen LogP) is 3.87. The Bertz CT molecular complexity index is 1920. The van der Waals surface area contributed by atoms with Crippen LogP contribution in [0.25, 0.3) is 11.1 Å². The van der Waals surface area contributed by atoms with Crippen LogP contribution in [0.3, 0.4) is 0 Å². The zero-order chi connectivity index (χ0) is 30.5. The van der Waals surface area contributed by atoms with Crippen molar-refractivity contribution < 1.29 is 18.7 Å². The molecule has 0 aliphatic heterocycles. The van der Waals surface area contributed by atoms with E-state index in [1.54, 1.807) is 19.2 Å². The fraction of sp³-hybridized carbons (Fsp3) is 0.281. The Hall–Kier alpha value is -4.41. The maximum atomic E-state index is 14.3. The maximum Gasteiger partial charge on any atom is 0.331 e. The first-order valence-corrected chi connectivity index (χ1v) is 14.2. The Balaban J connectivity index is 1.29. The van der Waals surface area contributed by atoms with E-state index in [4.69, 9.17) is 16.3 Å². The van der Waals surface area contributed by atoms with Crippen LogP contribution in [0.5, 0.6) is 0 Å². The fourth-order valence-electron chi connectivity index (χ4n) is 6.32. The molecule has 2 aliphatic carbocycles. The number of carbonyl (C=O) groups is 2. The van der Waals surface area contributed by atoms with Crippen molar-refractivity contribution in [3.05, 3.63) is 115 Å². The molecule has 0 radical (unpaired) electrons. The number of Topliss-reactive ketones (excluding diaryl/α,β-unsaturated/α-hetero) is 1. The third-order valence-electron chi connectivity index (χ3n) is 8.33. The minimum atomic E-state index is -0.719. The summed E-state index contributed by atoms with van der Waals surface area (Å²) in [6, 6.07) is 12.7. The number of fused-ring (bicyclic) bond motifs is 3. The van der Waals surface area contributed by atoms with E-state index in [1.165, 1.54) is 25.4 Å². The zero-order valence-corrected chi connectivity index (χ0v) is 24.3. The lowest BCUT2D eigenvalue weighted by Gasteiger charge is -2.22. The van der Waals surface area contributed by atoms with Crippen LogP contribution in [0.2, 0.25) is 5.02 Å². The molecule has 1 N–H and O–H groups in total. The van der Waals surface area contributed by atoms with E-state index < -0.39 is 41.0 Å². The van der Waals surface area contributed by atoms with Crippen molar-refractivity contribution in [2.24, 2.45) is 0 Å². The number of nitrogens with zero attached hydrogens (tertiary/aromatic N) is 3. The van der Waals surface area contributed by atoms with Crippen molar-refractivity contribution in [1.29, 1.82) is 0 Å². The summed E-state index contributed by atoms with van der Waals surface area (Å²) in [5.74, 6) is -1.08. The molecule has 0 fully saturated rings. The molecule has 0 bridgehead atoms. The number of ketones is 1. The van der Waals surface area contributed by atoms with Crippen molar-refractivity contribution in [1.82, 2.24) is 14.1 Å². The third kappa shape index (κ3) is 4.90. The number of carbonyl (C=O) groups excluding carboxylic acids is 2. The van der Waals surface area contributed by atoms with Crippen molar-refractivity contribution in [2.75, 3.05) is 19.0 Å². The first kappa shape index (κ1) is 28.7. The average molecular weight is 603 g/mol. The zero-order valence-electron chi connectivity index (χ0n) is 23.5. The lowest BCUT2D eigenvalue weighted by Crippen LogP contribution is -2.44. The Morgan fingerprint density at radius 3 is 2.70 bits per heavy atom. The molecule has 1 amide bonds. The van der Waals surface area contributed by atoms with E-state index in [0.717, 1.165) is 37.6 Å². The summed E-state index contributed by atoms with van der Waals surface area (Å²) in [5.41, 5.74) is 2.34. The van der Waals surface area contributed by atoms with Crippen LogP contribution in [0.1, 0.15) is 35.3 Å². The molecule has 0 saturated heterocycles. The van der Waals surface area contributed by atoms with Gasteiger partial charge in [0.05, 0.1) is 34.3 Å². The van der Waals surface area contributed by atoms with Gasteiger partial charge in [0.1, 0.15) is 18.1 Å². The number of methoxy groups -OCH3 is 1. The number of anilines is 1. The second-order valence-electron chi connectivity index (χ2n) is 11.1. The standard InChI is InChI=1S/C32H28ClFN4O5/c1-18(17-43-2)38-30(41)23(22-5-3-7-25(34)29(22)33)15-37(31(38)42)16-28(40)36-21-9-8-19-13-32(14-20(19)11-21)24-6-4-10-35-26(24)12-27(32)39/h3-11,15,18H,12-14,16-17H2,1-2H3,(H,36,40)/t18-,32-/m1/s1. The van der Waals surface area contributed by atoms with Gasteiger partial charge in [0.25, 0.3) is 5.56 Å². The molecule has 11 heteroatoms. The highest BCUT2D eigenvalue weighted by atomic mass is 35.5. The van der Waals surface area contributed by atoms with Gasteiger partial charge >= 0.3 is 5.69 Å². The van der Waals surface area contributed by atoms with Crippen LogP contribution >= 0.6 is 11.6 Å². The summed E-state index contributed by atoms with van der Waals surface area (Å²) < 4.78 is 21.5. The number of pyridine rings is 1. The van der Waals surface area contributed by atoms with Crippen LogP contribution in [-0.4, -0.2) is 39.5 Å². The van der Waals surface area contributed by atoms with Crippen molar-refractivity contribution in [3.63, 3.8) is 0 Å². The highest BCUT2D eigenvalue weighted by Crippen LogP contribution is 2.46. The van der Waals surface area contributed by atoms with Crippen LogP contribution in [0, 0.1) is 5.82 Å². The second-order valence-corrected chi connectivity index (χ2v) is 11.5. The van der Waals surface area contributed by atoms with Gasteiger partial charge in [0.15, 0.2) is 0 Å². The lowest BCUT2D eigenvalue weighted by atomic mass is 9.78. The summed E-state index contributed by atoms with van der Waals surface area (Å²) in [7, 11) is 1.44. The number of halogens is 2. The summed E-state index contributed by atoms with van der Waals surface area (Å²) in [6.07, 6.45) is 4.34. The molecule has 9 nitrogen and oxygen atoms in total. The first-order valence-electron chi connectivity index (χ1n) is 13.8. The van der Waals surface area contributed by atoms with Crippen LogP contribution < -0.4 is 16.6 Å². The number of benzene rings is 2. The number of amides is 1. The van der Waals surface area contributed by atoms with E-state index in [1.807, 2.05) is 24.3 Å². The summed E-state index contributed by atoms with van der Waals surface area (Å²) in [6.45, 7) is 1.27. The normalized spacial score (nSPS) is 17.6. The number of nitrogens with one attached hydrogen (secondary N) is 1. The molecular weight excluding hydrogens is 575 g/mol. The van der Waals surface area contributed by atoms with Gasteiger partial charge in [-0.25, -0.2) is 9.18 Å². The van der Waals surface area contributed by atoms with Crippen molar-refractivity contribution in [2.45, 2.75) is 44.2 Å². The fourth-order valence-corrected chi connectivity index (χ4v) is 6.55. The Morgan fingerprint density at radius 2 is 1.91 bits per heavy atom. The van der Waals surface area contributed by atoms with E-state index in [0.29, 0.717) is 24.9 Å². The van der Waals surface area contributed by atoms with Crippen LogP contribution in [-0.2, 0) is 45.5 Å². The highest BCUT2D eigenvalue weighted by Gasteiger charge is 2.50. The first-order chi connectivity index (χ1) is 20.6. The molecule has 2 heterocycles. The molecule has 4 aromatic rings. The summed E-state index contributed by atoms with van der Waals surface area (Å²) >= 11 is 6.19. The molecule has 1 spiro atoms. The van der Waals surface area contributed by atoms with Gasteiger partial charge in [-0.05, 0) is 60.7 Å². The summed E-state index contributed by atoms with van der Waals surface area (Å²) in [5, 5.41) is 2.56. The summed E-state index contributed by atoms with van der Waals surface area (Å²) in [4.78, 5) is 57.6. The van der Waals surface area contributed by atoms with E-state index in [-0.39, 0.29) is 28.5 Å². The van der Waals surface area contributed by atoms with Crippen molar-refractivity contribution in [3.8, 4) is 11.1 Å². The molecule has 0 unspecified atom stereocenters. The lowest BCUT2D eigenvalue weighted by molar-refractivity contribution is -0.122. The van der Waals surface area contributed by atoms with Gasteiger partial charge in [0, 0.05) is 37.2 Å². The quantitative estimate of drug-likeness (QED) is 0.344. The molecule has 2 aromatic heterocycles. The second kappa shape index (κ2) is 11.0. The van der Waals surface area contributed by atoms with Gasteiger partial charge < -0.3 is 10.1 Å². The molecule has 6 rings (SSSR count). The van der Waals surface area contributed by atoms with Gasteiger partial charge in [-0.3, -0.25) is 28.5 Å². The smallest absolute Gasteiger partial charge is 0.331 e. The van der Waals surface area contributed by atoms with Gasteiger partial charge in [-0.15, -0.1) is 0 Å². The van der Waals surface area contributed by atoms with Gasteiger partial charge in [0.2, 0.25) is 5.91 Å². The van der Waals surface area contributed by atoms with Crippen LogP contribution in [0.4, 0.5) is 10.1 Å². The molecule has 2 aromatic carbocycles. The molecule has 2 atom stereocenters. The predicted molar refractivity (Wildman–Crippen MR) is 159 cm³/mol. The van der Waals surface area contributed by atoms with Crippen LogP contribution in [0.15, 0.2) is 70.5 Å². The van der Waals surface area contributed by atoms with E-state index >= 15 is 0 Å². The number of hydrogen-bond acceptors (Lipinski definition) is 6. The van der Waals surface area contributed by atoms with E-state index in [2.05, 4.69) is 10.3 Å². The topological polar surface area (TPSA) is 112 Å². The maximum absolute atomic E-state index is 14.3. The monoisotopic (exact) mass is 602 g/mol. The van der Waals surface area contributed by atoms with Crippen molar-refractivity contribution >= 4 is 29.0 Å². The third-order valence-corrected chi connectivity index (χ3v) is 8.72. The Morgan fingerprint density at radius 1 is 1.12 bits per heavy atom. The Kier molecular flexibility index (Phi) is 7.35. The number of aromatic nitrogens is 3. The molecule has 220 valence electrons. The van der Waals surface area contributed by atoms with E-state index in [9.17, 15) is 23.6 Å². The van der Waals surface area contributed by atoms with Gasteiger partial charge in [-0.2, -0.15) is 0 Å². The number of ether oxygens (including phenoxy) is 1. The highest BCUT2D eigenvalue weighted by molar-refractivity contribution is 6.33. The number of rotatable bonds is 7. The molecule has 43 heavy (non-hydrogen) atoms. The molecule has 2 aliphatic rings. The minimum Gasteiger partial charge on any atom is -0.383 e. The minimum absolute atomic E-state index is 0.0290. The Labute approximate surface area is 250 Å². The SMILES string of the molecule is COC[C@@H](C)n1c(=O)c(-c2cccc(F)c2Cl)cn(CC(=O)Nc2ccc3c(c2)C[C@@]2(C3)C(=O)Cc3ncccc32)c1=O. The molecular formula is C32H28ClFN4O5. The largest absolute Gasteiger partial charge is 0.383 e.